The Morgan fingerprint density at radius 1 is 1.48 bits per heavy atom. The smallest absolute Gasteiger partial charge is 0.307 e. The Labute approximate surface area is 118 Å². The summed E-state index contributed by atoms with van der Waals surface area (Å²) in [5, 5.41) is 18.1. The van der Waals surface area contributed by atoms with Crippen LogP contribution in [0.3, 0.4) is 0 Å². The summed E-state index contributed by atoms with van der Waals surface area (Å²) in [6.07, 6.45) is -0.527. The van der Waals surface area contributed by atoms with E-state index in [0.29, 0.717) is 0 Å². The van der Waals surface area contributed by atoms with Crippen LogP contribution in [0.5, 0.6) is 0 Å². The summed E-state index contributed by atoms with van der Waals surface area (Å²) < 4.78 is 34.7. The fourth-order valence-electron chi connectivity index (χ4n) is 2.06. The number of anilines is 1. The molecule has 10 heteroatoms. The Morgan fingerprint density at radius 3 is 2.62 bits per heavy atom. The zero-order valence-corrected chi connectivity index (χ0v) is 11.2. The maximum Gasteiger partial charge on any atom is 0.307 e. The summed E-state index contributed by atoms with van der Waals surface area (Å²) >= 11 is 0. The predicted octanol–water partition coefficient (Wildman–Crippen LogP) is 0.871. The molecule has 2 rings (SSSR count). The Hall–Kier alpha value is -2.54. The zero-order valence-electron chi connectivity index (χ0n) is 10.4. The van der Waals surface area contributed by atoms with Gasteiger partial charge in [0, 0.05) is 25.1 Å². The second-order valence-electron chi connectivity index (χ2n) is 4.38. The molecule has 1 atom stereocenters. The number of carbonyl (C=O) groups excluding carboxylic acids is 1. The molecular weight excluding hydrogens is 305 g/mol. The van der Waals surface area contributed by atoms with E-state index in [4.69, 9.17) is 5.26 Å². The van der Waals surface area contributed by atoms with E-state index < -0.39 is 39.3 Å². The highest BCUT2D eigenvalue weighted by atomic mass is 32.3. The summed E-state index contributed by atoms with van der Waals surface area (Å²) in [5.41, 5.74) is -0.467. The number of hydrogen-bond acceptors (Lipinski definition) is 6. The van der Waals surface area contributed by atoms with Crippen molar-refractivity contribution in [2.45, 2.75) is 11.7 Å². The summed E-state index contributed by atoms with van der Waals surface area (Å²) in [6, 6.07) is 4.92. The van der Waals surface area contributed by atoms with Gasteiger partial charge in [0.2, 0.25) is 5.91 Å². The van der Waals surface area contributed by atoms with Crippen molar-refractivity contribution >= 4 is 27.5 Å². The van der Waals surface area contributed by atoms with Crippen molar-refractivity contribution < 1.29 is 22.0 Å². The Bertz CT molecular complexity index is 771. The first-order chi connectivity index (χ1) is 9.74. The minimum atomic E-state index is -4.87. The molecule has 0 spiro atoms. The van der Waals surface area contributed by atoms with Gasteiger partial charge < -0.3 is 4.90 Å². The molecule has 1 unspecified atom stereocenters. The minimum Gasteiger partial charge on any atom is -0.310 e. The molecule has 0 bridgehead atoms. The number of nitriles is 1. The topological polar surface area (TPSA) is 121 Å². The van der Waals surface area contributed by atoms with Gasteiger partial charge in [-0.15, -0.1) is 3.89 Å². The molecule has 8 nitrogen and oxygen atoms in total. The molecule has 0 aliphatic carbocycles. The second-order valence-corrected chi connectivity index (χ2v) is 5.99. The van der Waals surface area contributed by atoms with Crippen LogP contribution >= 0.6 is 0 Å². The first kappa shape index (κ1) is 14.9. The third kappa shape index (κ3) is 2.82. The average molecular weight is 313 g/mol. The lowest BCUT2D eigenvalue weighted by atomic mass is 10.1. The molecular formula is C11H8FN3O5S. The lowest BCUT2D eigenvalue weighted by Gasteiger charge is -2.17. The van der Waals surface area contributed by atoms with Crippen LogP contribution in [-0.2, 0) is 15.0 Å². The first-order valence-corrected chi connectivity index (χ1v) is 7.11. The van der Waals surface area contributed by atoms with Gasteiger partial charge in [0.1, 0.15) is 11.3 Å². The molecule has 21 heavy (non-hydrogen) atoms. The van der Waals surface area contributed by atoms with Gasteiger partial charge in [-0.05, 0) is 6.07 Å². The molecule has 1 aromatic rings. The van der Waals surface area contributed by atoms with Crippen molar-refractivity contribution in [3.05, 3.63) is 33.9 Å². The maximum absolute atomic E-state index is 12.9. The van der Waals surface area contributed by atoms with Crippen molar-refractivity contribution in [2.24, 2.45) is 0 Å². The van der Waals surface area contributed by atoms with E-state index in [1.54, 1.807) is 6.07 Å². The summed E-state index contributed by atoms with van der Waals surface area (Å²) in [4.78, 5) is 22.7. The Morgan fingerprint density at radius 2 is 2.14 bits per heavy atom. The fourth-order valence-corrected chi connectivity index (χ4v) is 2.73. The van der Waals surface area contributed by atoms with Crippen molar-refractivity contribution in [1.29, 1.82) is 5.26 Å². The highest BCUT2D eigenvalue weighted by Gasteiger charge is 2.39. The van der Waals surface area contributed by atoms with Crippen molar-refractivity contribution in [3.63, 3.8) is 0 Å². The highest BCUT2D eigenvalue weighted by molar-refractivity contribution is 7.87. The van der Waals surface area contributed by atoms with Crippen LogP contribution in [0.15, 0.2) is 18.2 Å². The van der Waals surface area contributed by atoms with Crippen LogP contribution in [0, 0.1) is 21.4 Å². The van der Waals surface area contributed by atoms with E-state index in [9.17, 15) is 27.2 Å². The maximum atomic E-state index is 12.9. The number of hydrogen-bond donors (Lipinski definition) is 0. The number of nitro groups is 1. The lowest BCUT2D eigenvalue weighted by molar-refractivity contribution is -0.384. The normalized spacial score (nSPS) is 18.6. The number of benzene rings is 1. The van der Waals surface area contributed by atoms with Crippen LogP contribution in [0.4, 0.5) is 15.3 Å². The number of rotatable bonds is 3. The van der Waals surface area contributed by atoms with Gasteiger partial charge in [-0.1, -0.05) is 0 Å². The zero-order chi connectivity index (χ0) is 15.8. The third-order valence-corrected chi connectivity index (χ3v) is 4.20. The molecule has 110 valence electrons. The number of nitro benzene ring substituents is 1. The second kappa shape index (κ2) is 5.10. The molecule has 1 saturated heterocycles. The van der Waals surface area contributed by atoms with E-state index in [-0.39, 0.29) is 16.9 Å². The van der Waals surface area contributed by atoms with Gasteiger partial charge in [0.25, 0.3) is 5.69 Å². The van der Waals surface area contributed by atoms with E-state index in [1.807, 2.05) is 0 Å². The van der Waals surface area contributed by atoms with Crippen LogP contribution in [0.2, 0.25) is 0 Å². The molecule has 1 fully saturated rings. The van der Waals surface area contributed by atoms with Crippen LogP contribution in [0.25, 0.3) is 0 Å². The Kier molecular flexibility index (Phi) is 3.61. The van der Waals surface area contributed by atoms with Gasteiger partial charge in [-0.2, -0.15) is 13.7 Å². The van der Waals surface area contributed by atoms with E-state index in [2.05, 4.69) is 0 Å². The summed E-state index contributed by atoms with van der Waals surface area (Å²) in [7, 11) is -4.87. The van der Waals surface area contributed by atoms with Gasteiger partial charge in [-0.25, -0.2) is 0 Å². The van der Waals surface area contributed by atoms with Crippen LogP contribution in [0.1, 0.15) is 12.0 Å². The monoisotopic (exact) mass is 313 g/mol. The average Bonchev–Trinajstić information content (AvgIpc) is 2.79. The number of carbonyl (C=O) groups is 1. The van der Waals surface area contributed by atoms with E-state index >= 15 is 0 Å². The summed E-state index contributed by atoms with van der Waals surface area (Å²) in [6.45, 7) is -0.426. The fraction of sp³-hybridized carbons (Fsp3) is 0.273. The van der Waals surface area contributed by atoms with Crippen molar-refractivity contribution in [3.8, 4) is 6.07 Å². The summed E-state index contributed by atoms with van der Waals surface area (Å²) in [5.74, 6) is -0.661. The highest BCUT2D eigenvalue weighted by Crippen LogP contribution is 2.30. The third-order valence-electron chi connectivity index (χ3n) is 3.09. The molecule has 0 saturated carbocycles. The minimum absolute atomic E-state index is 0.0271. The van der Waals surface area contributed by atoms with Gasteiger partial charge in [0.15, 0.2) is 0 Å². The molecule has 1 aromatic carbocycles. The van der Waals surface area contributed by atoms with Crippen molar-refractivity contribution in [1.82, 2.24) is 0 Å². The lowest BCUT2D eigenvalue weighted by Crippen LogP contribution is -2.27. The molecule has 0 N–H and O–H groups in total. The quantitative estimate of drug-likeness (QED) is 0.463. The largest absolute Gasteiger partial charge is 0.310 e. The number of amides is 1. The number of nitrogens with zero attached hydrogens (tertiary/aromatic N) is 3. The van der Waals surface area contributed by atoms with Crippen LogP contribution < -0.4 is 4.90 Å². The van der Waals surface area contributed by atoms with Gasteiger partial charge in [-0.3, -0.25) is 14.9 Å². The van der Waals surface area contributed by atoms with Gasteiger partial charge >= 0.3 is 10.2 Å². The van der Waals surface area contributed by atoms with Crippen LogP contribution in [-0.4, -0.2) is 31.0 Å². The molecule has 0 aromatic heterocycles. The predicted molar refractivity (Wildman–Crippen MR) is 68.6 cm³/mol. The van der Waals surface area contributed by atoms with E-state index in [1.165, 1.54) is 6.07 Å². The van der Waals surface area contributed by atoms with Gasteiger partial charge in [0.05, 0.1) is 16.2 Å². The molecule has 1 aliphatic heterocycles. The first-order valence-electron chi connectivity index (χ1n) is 5.66. The molecule has 1 amide bonds. The molecule has 0 radical (unpaired) electrons. The molecule has 1 aliphatic rings. The SMILES string of the molecule is N#Cc1cc([N+](=O)[O-])ccc1N1CC(S(=O)(=O)F)CC1=O. The van der Waals surface area contributed by atoms with E-state index in [0.717, 1.165) is 17.0 Å². The Balaban J connectivity index is 2.42. The number of halogens is 1. The standard InChI is InChI=1S/C11H8FN3O5S/c12-21(19,20)9-4-11(16)14(6-9)10-2-1-8(15(17)18)3-7(10)5-13/h1-3,9H,4,6H2. The number of non-ortho nitro benzene ring substituents is 1. The van der Waals surface area contributed by atoms with Crippen molar-refractivity contribution in [2.75, 3.05) is 11.4 Å². The molecule has 1 heterocycles.